The van der Waals surface area contributed by atoms with E-state index in [1.165, 1.54) is 24.8 Å². The van der Waals surface area contributed by atoms with Crippen LogP contribution in [0.15, 0.2) is 24.3 Å². The molecule has 1 N–H and O–H groups in total. The Kier molecular flexibility index (Phi) is 3.16. The zero-order valence-corrected chi connectivity index (χ0v) is 11.1. The minimum Gasteiger partial charge on any atom is -0.382 e. The lowest BCUT2D eigenvalue weighted by Crippen LogP contribution is -2.33. The van der Waals surface area contributed by atoms with Crippen LogP contribution in [-0.2, 0) is 10.3 Å². The van der Waals surface area contributed by atoms with Gasteiger partial charge in [0.2, 0.25) is 0 Å². The van der Waals surface area contributed by atoms with Crippen molar-refractivity contribution in [3.8, 4) is 0 Å². The summed E-state index contributed by atoms with van der Waals surface area (Å²) in [5, 5.41) is 10.8. The predicted octanol–water partition coefficient (Wildman–Crippen LogP) is 3.20. The fraction of sp³-hybridized carbons (Fsp3) is 0.625. The average Bonchev–Trinajstić information content (AvgIpc) is 3.12. The number of ether oxygens (including phenoxy) is 1. The van der Waals surface area contributed by atoms with Crippen molar-refractivity contribution in [1.82, 2.24) is 0 Å². The number of aliphatic hydroxyl groups is 1. The Labute approximate surface area is 109 Å². The van der Waals surface area contributed by atoms with E-state index in [0.29, 0.717) is 12.5 Å². The summed E-state index contributed by atoms with van der Waals surface area (Å²) in [7, 11) is 1.66. The van der Waals surface area contributed by atoms with Crippen LogP contribution in [0.5, 0.6) is 0 Å². The second-order valence-electron chi connectivity index (χ2n) is 5.88. The van der Waals surface area contributed by atoms with Crippen molar-refractivity contribution >= 4 is 0 Å². The van der Waals surface area contributed by atoms with Crippen LogP contribution in [-0.4, -0.2) is 18.8 Å². The van der Waals surface area contributed by atoms with Gasteiger partial charge in [-0.2, -0.15) is 0 Å². The Bertz CT molecular complexity index is 404. The lowest BCUT2D eigenvalue weighted by Gasteiger charge is -2.30. The first-order valence-corrected chi connectivity index (χ1v) is 7.06. The van der Waals surface area contributed by atoms with Crippen molar-refractivity contribution in [2.45, 2.75) is 43.6 Å². The van der Waals surface area contributed by atoms with Crippen LogP contribution in [0, 0.1) is 5.92 Å². The van der Waals surface area contributed by atoms with E-state index in [9.17, 15) is 5.11 Å². The number of rotatable bonds is 5. The molecule has 2 fully saturated rings. The highest BCUT2D eigenvalue weighted by Gasteiger charge is 2.45. The Morgan fingerprint density at radius 3 is 2.28 bits per heavy atom. The Hall–Kier alpha value is -0.860. The van der Waals surface area contributed by atoms with Crippen LogP contribution in [0.4, 0.5) is 0 Å². The highest BCUT2D eigenvalue weighted by molar-refractivity contribution is 5.31. The molecule has 0 amide bonds. The summed E-state index contributed by atoms with van der Waals surface area (Å²) in [6, 6.07) is 8.60. The Balaban J connectivity index is 1.81. The van der Waals surface area contributed by atoms with E-state index < -0.39 is 5.60 Å². The van der Waals surface area contributed by atoms with Gasteiger partial charge in [0, 0.05) is 7.11 Å². The Morgan fingerprint density at radius 1 is 1.17 bits per heavy atom. The van der Waals surface area contributed by atoms with Gasteiger partial charge in [-0.1, -0.05) is 30.7 Å². The molecular formula is C16H22O2. The number of methoxy groups -OCH3 is 1. The molecule has 2 saturated carbocycles. The van der Waals surface area contributed by atoms with Crippen molar-refractivity contribution in [2.24, 2.45) is 5.92 Å². The summed E-state index contributed by atoms with van der Waals surface area (Å²) in [6.07, 6.45) is 6.24. The van der Waals surface area contributed by atoms with Crippen LogP contribution >= 0.6 is 0 Å². The summed E-state index contributed by atoms with van der Waals surface area (Å²) < 4.78 is 5.22. The fourth-order valence-electron chi connectivity index (χ4n) is 3.00. The summed E-state index contributed by atoms with van der Waals surface area (Å²) in [6.45, 7) is 0.403. The van der Waals surface area contributed by atoms with E-state index >= 15 is 0 Å². The van der Waals surface area contributed by atoms with Crippen molar-refractivity contribution < 1.29 is 9.84 Å². The van der Waals surface area contributed by atoms with Gasteiger partial charge in [0.05, 0.1) is 6.61 Å². The van der Waals surface area contributed by atoms with Gasteiger partial charge in [-0.3, -0.25) is 0 Å². The van der Waals surface area contributed by atoms with E-state index in [4.69, 9.17) is 4.74 Å². The van der Waals surface area contributed by atoms with Gasteiger partial charge < -0.3 is 9.84 Å². The first kappa shape index (κ1) is 12.2. The topological polar surface area (TPSA) is 29.5 Å². The van der Waals surface area contributed by atoms with E-state index in [0.717, 1.165) is 24.3 Å². The third kappa shape index (κ3) is 2.08. The van der Waals surface area contributed by atoms with Gasteiger partial charge in [0.25, 0.3) is 0 Å². The molecule has 0 aliphatic heterocycles. The molecule has 2 aliphatic carbocycles. The first-order valence-electron chi connectivity index (χ1n) is 7.06. The molecule has 1 unspecified atom stereocenters. The quantitative estimate of drug-likeness (QED) is 0.864. The molecule has 0 aromatic heterocycles. The fourth-order valence-corrected chi connectivity index (χ4v) is 3.00. The van der Waals surface area contributed by atoms with E-state index in [-0.39, 0.29) is 0 Å². The molecule has 3 rings (SSSR count). The van der Waals surface area contributed by atoms with Gasteiger partial charge in [0.1, 0.15) is 5.60 Å². The normalized spacial score (nSPS) is 23.4. The molecule has 98 valence electrons. The van der Waals surface area contributed by atoms with Gasteiger partial charge >= 0.3 is 0 Å². The van der Waals surface area contributed by atoms with Crippen LogP contribution in [0.2, 0.25) is 0 Å². The van der Waals surface area contributed by atoms with Gasteiger partial charge in [-0.15, -0.1) is 0 Å². The first-order chi connectivity index (χ1) is 8.74. The zero-order valence-electron chi connectivity index (χ0n) is 11.1. The number of hydrogen-bond acceptors (Lipinski definition) is 2. The van der Waals surface area contributed by atoms with Gasteiger partial charge in [-0.25, -0.2) is 0 Å². The summed E-state index contributed by atoms with van der Waals surface area (Å²) in [5.74, 6) is 1.14. The molecule has 0 bridgehead atoms. The zero-order chi connectivity index (χ0) is 12.6. The predicted molar refractivity (Wildman–Crippen MR) is 71.5 cm³/mol. The maximum Gasteiger partial charge on any atom is 0.116 e. The smallest absolute Gasteiger partial charge is 0.116 e. The van der Waals surface area contributed by atoms with Crippen molar-refractivity contribution in [2.75, 3.05) is 13.7 Å². The monoisotopic (exact) mass is 246 g/mol. The van der Waals surface area contributed by atoms with Crippen LogP contribution in [0.1, 0.15) is 49.1 Å². The summed E-state index contributed by atoms with van der Waals surface area (Å²) in [5.41, 5.74) is 1.68. The molecule has 0 heterocycles. The molecule has 0 radical (unpaired) electrons. The molecule has 1 aromatic rings. The third-order valence-electron chi connectivity index (χ3n) is 4.60. The van der Waals surface area contributed by atoms with Crippen LogP contribution < -0.4 is 0 Å². The minimum absolute atomic E-state index is 0.381. The van der Waals surface area contributed by atoms with Crippen molar-refractivity contribution in [3.05, 3.63) is 35.4 Å². The maximum absolute atomic E-state index is 10.8. The highest BCUT2D eigenvalue weighted by atomic mass is 16.5. The van der Waals surface area contributed by atoms with Crippen molar-refractivity contribution in [3.63, 3.8) is 0 Å². The highest BCUT2D eigenvalue weighted by Crippen LogP contribution is 2.46. The second-order valence-corrected chi connectivity index (χ2v) is 5.88. The molecule has 2 nitrogen and oxygen atoms in total. The Morgan fingerprint density at radius 2 is 1.83 bits per heavy atom. The molecular weight excluding hydrogens is 224 g/mol. The molecule has 1 atom stereocenters. The molecule has 2 heteroatoms. The molecule has 2 aliphatic rings. The van der Waals surface area contributed by atoms with Crippen LogP contribution in [0.25, 0.3) is 0 Å². The molecule has 0 saturated heterocycles. The van der Waals surface area contributed by atoms with Crippen molar-refractivity contribution in [1.29, 1.82) is 0 Å². The van der Waals surface area contributed by atoms with E-state index in [2.05, 4.69) is 24.3 Å². The standard InChI is InChI=1S/C16H22O2/c1-18-11-16(17,15-9-10-15)14-7-5-13(6-8-14)12-3-2-4-12/h5-8,12,15,17H,2-4,9-11H2,1H3. The van der Waals surface area contributed by atoms with Gasteiger partial charge in [0.15, 0.2) is 0 Å². The van der Waals surface area contributed by atoms with Crippen LogP contribution in [0.3, 0.4) is 0 Å². The third-order valence-corrected chi connectivity index (χ3v) is 4.60. The molecule has 18 heavy (non-hydrogen) atoms. The maximum atomic E-state index is 10.8. The van der Waals surface area contributed by atoms with E-state index in [1.807, 2.05) is 0 Å². The number of hydrogen-bond donors (Lipinski definition) is 1. The minimum atomic E-state index is -0.771. The summed E-state index contributed by atoms with van der Waals surface area (Å²) in [4.78, 5) is 0. The molecule has 0 spiro atoms. The molecule has 1 aromatic carbocycles. The largest absolute Gasteiger partial charge is 0.382 e. The summed E-state index contributed by atoms with van der Waals surface area (Å²) >= 11 is 0. The average molecular weight is 246 g/mol. The SMILES string of the molecule is COCC(O)(c1ccc(C2CCC2)cc1)C1CC1. The number of benzene rings is 1. The van der Waals surface area contributed by atoms with E-state index in [1.54, 1.807) is 7.11 Å². The second kappa shape index (κ2) is 4.67. The lowest BCUT2D eigenvalue weighted by molar-refractivity contribution is -0.0532. The van der Waals surface area contributed by atoms with Gasteiger partial charge in [-0.05, 0) is 48.6 Å². The lowest BCUT2D eigenvalue weighted by atomic mass is 9.79.